The number of fused-ring (bicyclic) bond motifs is 3. The number of para-hydroxylation sites is 1. The second-order valence-electron chi connectivity index (χ2n) is 11.9. The molecule has 0 radical (unpaired) electrons. The summed E-state index contributed by atoms with van der Waals surface area (Å²) in [5.41, 5.74) is 4.65. The molecule has 0 unspecified atom stereocenters. The first-order chi connectivity index (χ1) is 18.6. The standard InChI is InChI=1S/C33H35N3O3/c1-32(2,3)24-12-10-23(11-13-24)31-34-29(21-35(31)4)33(38)15-17-36(18-16-33)30(37)20-22-9-14-28-26(19-22)25-7-5-6-8-27(25)39-28/h5-14,19,21,38H,15-18,20H2,1-4H3. The highest BCUT2D eigenvalue weighted by Crippen LogP contribution is 2.35. The number of aryl methyl sites for hydroxylation is 1. The lowest BCUT2D eigenvalue weighted by atomic mass is 9.86. The number of aromatic nitrogens is 2. The summed E-state index contributed by atoms with van der Waals surface area (Å²) in [6, 6.07) is 22.4. The van der Waals surface area contributed by atoms with Crippen molar-refractivity contribution in [1.29, 1.82) is 0 Å². The van der Waals surface area contributed by atoms with Gasteiger partial charge in [-0.2, -0.15) is 0 Å². The number of carbonyl (C=O) groups excluding carboxylic acids is 1. The molecule has 2 aromatic heterocycles. The zero-order chi connectivity index (χ0) is 27.4. The van der Waals surface area contributed by atoms with Crippen molar-refractivity contribution in [3.8, 4) is 11.4 Å². The van der Waals surface area contributed by atoms with E-state index in [0.29, 0.717) is 38.0 Å². The van der Waals surface area contributed by atoms with Gasteiger partial charge >= 0.3 is 0 Å². The van der Waals surface area contributed by atoms with Crippen LogP contribution in [0.4, 0.5) is 0 Å². The number of likely N-dealkylation sites (tertiary alicyclic amines) is 1. The first-order valence-corrected chi connectivity index (χ1v) is 13.7. The minimum Gasteiger partial charge on any atom is -0.456 e. The summed E-state index contributed by atoms with van der Waals surface area (Å²) in [7, 11) is 1.96. The van der Waals surface area contributed by atoms with E-state index < -0.39 is 5.60 Å². The fraction of sp³-hybridized carbons (Fsp3) is 0.333. The van der Waals surface area contributed by atoms with Crippen molar-refractivity contribution in [2.45, 2.75) is 51.0 Å². The molecule has 1 aliphatic rings. The molecule has 5 aromatic rings. The van der Waals surface area contributed by atoms with Gasteiger partial charge in [0.2, 0.25) is 5.91 Å². The molecule has 0 spiro atoms. The number of nitrogens with zero attached hydrogens (tertiary/aromatic N) is 3. The average Bonchev–Trinajstić information content (AvgIpc) is 3.49. The van der Waals surface area contributed by atoms with Crippen molar-refractivity contribution in [2.75, 3.05) is 13.1 Å². The van der Waals surface area contributed by atoms with E-state index in [-0.39, 0.29) is 11.3 Å². The Morgan fingerprint density at radius 2 is 1.67 bits per heavy atom. The summed E-state index contributed by atoms with van der Waals surface area (Å²) in [4.78, 5) is 19.9. The number of amides is 1. The quantitative estimate of drug-likeness (QED) is 0.300. The van der Waals surface area contributed by atoms with Gasteiger partial charge < -0.3 is 19.0 Å². The van der Waals surface area contributed by atoms with Crippen molar-refractivity contribution >= 4 is 27.8 Å². The first-order valence-electron chi connectivity index (χ1n) is 13.7. The molecular weight excluding hydrogens is 486 g/mol. The maximum absolute atomic E-state index is 13.2. The van der Waals surface area contributed by atoms with Crippen LogP contribution in [0.1, 0.15) is 50.4 Å². The van der Waals surface area contributed by atoms with E-state index >= 15 is 0 Å². The number of rotatable bonds is 4. The fourth-order valence-corrected chi connectivity index (χ4v) is 5.63. The Morgan fingerprint density at radius 3 is 2.38 bits per heavy atom. The van der Waals surface area contributed by atoms with Gasteiger partial charge in [-0.05, 0) is 47.6 Å². The lowest BCUT2D eigenvalue weighted by molar-refractivity contribution is -0.135. The van der Waals surface area contributed by atoms with E-state index in [1.165, 1.54) is 5.56 Å². The van der Waals surface area contributed by atoms with E-state index in [2.05, 4.69) is 51.1 Å². The minimum absolute atomic E-state index is 0.0739. The topological polar surface area (TPSA) is 71.5 Å². The summed E-state index contributed by atoms with van der Waals surface area (Å²) in [6.07, 6.45) is 3.17. The third kappa shape index (κ3) is 4.74. The van der Waals surface area contributed by atoms with Crippen molar-refractivity contribution in [3.05, 3.63) is 89.7 Å². The number of carbonyl (C=O) groups is 1. The lowest BCUT2D eigenvalue weighted by Gasteiger charge is -2.37. The maximum atomic E-state index is 13.2. The molecule has 1 amide bonds. The van der Waals surface area contributed by atoms with Crippen LogP contribution >= 0.6 is 0 Å². The van der Waals surface area contributed by atoms with Crippen molar-refractivity contribution in [1.82, 2.24) is 14.5 Å². The molecule has 3 aromatic carbocycles. The normalized spacial score (nSPS) is 15.8. The minimum atomic E-state index is -1.05. The van der Waals surface area contributed by atoms with Gasteiger partial charge in [0.25, 0.3) is 0 Å². The third-order valence-corrected chi connectivity index (χ3v) is 8.10. The number of furan rings is 1. The van der Waals surface area contributed by atoms with E-state index in [0.717, 1.165) is 38.9 Å². The van der Waals surface area contributed by atoms with Crippen LogP contribution in [0.15, 0.2) is 77.3 Å². The Morgan fingerprint density at radius 1 is 0.974 bits per heavy atom. The summed E-state index contributed by atoms with van der Waals surface area (Å²) >= 11 is 0. The third-order valence-electron chi connectivity index (χ3n) is 8.10. The zero-order valence-corrected chi connectivity index (χ0v) is 23.1. The van der Waals surface area contributed by atoms with Crippen LogP contribution in [0.2, 0.25) is 0 Å². The van der Waals surface area contributed by atoms with Gasteiger partial charge in [0, 0.05) is 42.7 Å². The molecule has 1 fully saturated rings. The van der Waals surface area contributed by atoms with Gasteiger partial charge in [-0.25, -0.2) is 4.98 Å². The second kappa shape index (κ2) is 9.38. The van der Waals surface area contributed by atoms with Crippen molar-refractivity contribution in [2.24, 2.45) is 7.05 Å². The van der Waals surface area contributed by atoms with E-state index in [1.54, 1.807) is 0 Å². The highest BCUT2D eigenvalue weighted by molar-refractivity contribution is 6.05. The number of piperidine rings is 1. The van der Waals surface area contributed by atoms with Crippen LogP contribution in [-0.4, -0.2) is 38.6 Å². The number of imidazole rings is 1. The van der Waals surface area contributed by atoms with Crippen LogP contribution < -0.4 is 0 Å². The predicted octanol–water partition coefficient (Wildman–Crippen LogP) is 6.34. The number of benzene rings is 3. The maximum Gasteiger partial charge on any atom is 0.226 e. The fourth-order valence-electron chi connectivity index (χ4n) is 5.63. The average molecular weight is 522 g/mol. The van der Waals surface area contributed by atoms with Gasteiger partial charge in [-0.3, -0.25) is 4.79 Å². The molecular formula is C33H35N3O3. The van der Waals surface area contributed by atoms with Crippen LogP contribution in [0.25, 0.3) is 33.3 Å². The summed E-state index contributed by atoms with van der Waals surface area (Å²) in [5.74, 6) is 0.907. The van der Waals surface area contributed by atoms with Gasteiger partial charge in [-0.15, -0.1) is 0 Å². The molecule has 39 heavy (non-hydrogen) atoms. The first kappa shape index (κ1) is 25.4. The summed E-state index contributed by atoms with van der Waals surface area (Å²) in [6.45, 7) is 7.60. The van der Waals surface area contributed by atoms with Gasteiger partial charge in [-0.1, -0.05) is 69.3 Å². The molecule has 1 aliphatic heterocycles. The largest absolute Gasteiger partial charge is 0.456 e. The summed E-state index contributed by atoms with van der Waals surface area (Å²) < 4.78 is 7.90. The van der Waals surface area contributed by atoms with Crippen LogP contribution in [0.3, 0.4) is 0 Å². The van der Waals surface area contributed by atoms with Crippen molar-refractivity contribution in [3.63, 3.8) is 0 Å². The zero-order valence-electron chi connectivity index (χ0n) is 23.1. The Labute approximate surface area is 228 Å². The Hall–Kier alpha value is -3.90. The smallest absolute Gasteiger partial charge is 0.226 e. The highest BCUT2D eigenvalue weighted by Gasteiger charge is 2.38. The molecule has 200 valence electrons. The summed E-state index contributed by atoms with van der Waals surface area (Å²) in [5, 5.41) is 13.6. The Balaban J connectivity index is 1.14. The molecule has 1 saturated heterocycles. The van der Waals surface area contributed by atoms with Gasteiger partial charge in [0.15, 0.2) is 0 Å². The molecule has 0 saturated carbocycles. The Bertz CT molecular complexity index is 1660. The van der Waals surface area contributed by atoms with E-state index in [4.69, 9.17) is 9.40 Å². The molecule has 0 aliphatic carbocycles. The molecule has 6 heteroatoms. The molecule has 3 heterocycles. The van der Waals surface area contributed by atoms with Crippen LogP contribution in [-0.2, 0) is 29.3 Å². The molecule has 1 N–H and O–H groups in total. The van der Waals surface area contributed by atoms with Crippen LogP contribution in [0, 0.1) is 0 Å². The predicted molar refractivity (Wildman–Crippen MR) is 154 cm³/mol. The molecule has 6 nitrogen and oxygen atoms in total. The SMILES string of the molecule is Cn1cc(C2(O)CCN(C(=O)Cc3ccc4oc5ccccc5c4c3)CC2)nc1-c1ccc(C(C)(C)C)cc1. The number of hydrogen-bond donors (Lipinski definition) is 1. The van der Waals surface area contributed by atoms with Gasteiger partial charge in [0.1, 0.15) is 22.6 Å². The monoisotopic (exact) mass is 521 g/mol. The number of aliphatic hydroxyl groups is 1. The Kier molecular flexibility index (Phi) is 6.11. The second-order valence-corrected chi connectivity index (χ2v) is 11.9. The molecule has 6 rings (SSSR count). The molecule has 0 bridgehead atoms. The highest BCUT2D eigenvalue weighted by atomic mass is 16.3. The van der Waals surface area contributed by atoms with Crippen LogP contribution in [0.5, 0.6) is 0 Å². The number of hydrogen-bond acceptors (Lipinski definition) is 4. The van der Waals surface area contributed by atoms with Gasteiger partial charge in [0.05, 0.1) is 12.1 Å². The van der Waals surface area contributed by atoms with Crippen molar-refractivity contribution < 1.29 is 14.3 Å². The van der Waals surface area contributed by atoms with E-state index in [1.807, 2.05) is 59.1 Å². The lowest BCUT2D eigenvalue weighted by Crippen LogP contribution is -2.45. The van der Waals surface area contributed by atoms with E-state index in [9.17, 15) is 9.90 Å². The molecule has 0 atom stereocenters.